The summed E-state index contributed by atoms with van der Waals surface area (Å²) in [6.45, 7) is 3.59. The summed E-state index contributed by atoms with van der Waals surface area (Å²) in [7, 11) is -3.56. The monoisotopic (exact) mass is 253 g/mol. The smallest absolute Gasteiger partial charge is 0.306 e. The molecule has 3 N–H and O–H groups in total. The maximum absolute atomic E-state index is 11.8. The summed E-state index contributed by atoms with van der Waals surface area (Å²) in [6.07, 6.45) is 1.45. The van der Waals surface area contributed by atoms with Gasteiger partial charge < -0.3 is 9.97 Å². The van der Waals surface area contributed by atoms with Gasteiger partial charge in [0.05, 0.1) is 15.9 Å². The number of sulfonamides is 1. The third kappa shape index (κ3) is 2.29. The van der Waals surface area contributed by atoms with Gasteiger partial charge in [0.25, 0.3) is 0 Å². The fraction of sp³-hybridized carbons (Fsp3) is 0.100. The van der Waals surface area contributed by atoms with Crippen LogP contribution in [0.5, 0.6) is 0 Å². The molecule has 90 valence electrons. The van der Waals surface area contributed by atoms with E-state index in [1.807, 2.05) is 0 Å². The molecule has 6 nitrogen and oxygen atoms in total. The molecule has 1 heterocycles. The van der Waals surface area contributed by atoms with E-state index in [9.17, 15) is 13.2 Å². The molecule has 0 amide bonds. The van der Waals surface area contributed by atoms with Gasteiger partial charge in [-0.1, -0.05) is 6.08 Å². The van der Waals surface area contributed by atoms with E-state index in [0.717, 1.165) is 0 Å². The molecule has 0 atom stereocenters. The third-order valence-corrected chi connectivity index (χ3v) is 3.64. The van der Waals surface area contributed by atoms with Crippen molar-refractivity contribution in [2.24, 2.45) is 0 Å². The van der Waals surface area contributed by atoms with Crippen LogP contribution in [-0.4, -0.2) is 24.9 Å². The SMILES string of the molecule is C=CCNS(=O)(=O)c1ccc2[nH]c(=O)[nH]c2c1. The number of aromatic nitrogens is 2. The highest BCUT2D eigenvalue weighted by Gasteiger charge is 2.13. The van der Waals surface area contributed by atoms with E-state index in [0.29, 0.717) is 11.0 Å². The Balaban J connectivity index is 2.48. The highest BCUT2D eigenvalue weighted by atomic mass is 32.2. The molecule has 0 bridgehead atoms. The maximum atomic E-state index is 11.8. The van der Waals surface area contributed by atoms with Gasteiger partial charge in [-0.2, -0.15) is 0 Å². The van der Waals surface area contributed by atoms with Crippen molar-refractivity contribution in [1.82, 2.24) is 14.7 Å². The Morgan fingerprint density at radius 2 is 2.00 bits per heavy atom. The van der Waals surface area contributed by atoms with Crippen molar-refractivity contribution < 1.29 is 8.42 Å². The standard InChI is InChI=1S/C10H11N3O3S/c1-2-5-11-17(15,16)7-3-4-8-9(6-7)13-10(14)12-8/h2-4,6,11H,1,5H2,(H2,12,13,14). The predicted octanol–water partition coefficient (Wildman–Crippen LogP) is 0.320. The lowest BCUT2D eigenvalue weighted by Gasteiger charge is -2.04. The molecule has 0 aliphatic rings. The zero-order valence-electron chi connectivity index (χ0n) is 8.86. The number of imidazole rings is 1. The molecule has 0 saturated carbocycles. The molecular weight excluding hydrogens is 242 g/mol. The number of hydrogen-bond acceptors (Lipinski definition) is 3. The van der Waals surface area contributed by atoms with Crippen molar-refractivity contribution in [3.8, 4) is 0 Å². The van der Waals surface area contributed by atoms with Crippen molar-refractivity contribution in [2.45, 2.75) is 4.90 Å². The molecule has 2 rings (SSSR count). The Kier molecular flexibility index (Phi) is 2.86. The minimum atomic E-state index is -3.56. The van der Waals surface area contributed by atoms with Gasteiger partial charge >= 0.3 is 5.69 Å². The predicted molar refractivity (Wildman–Crippen MR) is 64.3 cm³/mol. The molecule has 0 aliphatic carbocycles. The summed E-state index contributed by atoms with van der Waals surface area (Å²) in [5.74, 6) is 0. The highest BCUT2D eigenvalue weighted by molar-refractivity contribution is 7.89. The zero-order chi connectivity index (χ0) is 12.5. The Hall–Kier alpha value is -1.86. The van der Waals surface area contributed by atoms with Crippen LogP contribution in [0.25, 0.3) is 11.0 Å². The molecule has 0 spiro atoms. The Bertz CT molecular complexity index is 712. The van der Waals surface area contributed by atoms with Gasteiger partial charge in [0.1, 0.15) is 0 Å². The van der Waals surface area contributed by atoms with Crippen LogP contribution < -0.4 is 10.4 Å². The number of nitrogens with one attached hydrogen (secondary N) is 3. The molecule has 0 radical (unpaired) electrons. The van der Waals surface area contributed by atoms with Gasteiger partial charge in [0, 0.05) is 6.54 Å². The number of H-pyrrole nitrogens is 2. The average Bonchev–Trinajstić information content (AvgIpc) is 2.65. The maximum Gasteiger partial charge on any atom is 0.323 e. The van der Waals surface area contributed by atoms with E-state index in [1.165, 1.54) is 24.3 Å². The summed E-state index contributed by atoms with van der Waals surface area (Å²) < 4.78 is 25.9. The molecule has 1 aromatic heterocycles. The van der Waals surface area contributed by atoms with E-state index in [1.54, 1.807) is 0 Å². The largest absolute Gasteiger partial charge is 0.323 e. The van der Waals surface area contributed by atoms with Crippen LogP contribution in [0.2, 0.25) is 0 Å². The first-order valence-corrected chi connectivity index (χ1v) is 6.34. The van der Waals surface area contributed by atoms with Gasteiger partial charge in [-0.15, -0.1) is 6.58 Å². The second-order valence-electron chi connectivity index (χ2n) is 3.43. The Labute approximate surface area is 97.4 Å². The molecule has 7 heteroatoms. The molecular formula is C10H11N3O3S. The van der Waals surface area contributed by atoms with E-state index in [4.69, 9.17) is 0 Å². The fourth-order valence-electron chi connectivity index (χ4n) is 1.43. The average molecular weight is 253 g/mol. The fourth-order valence-corrected chi connectivity index (χ4v) is 2.45. The number of fused-ring (bicyclic) bond motifs is 1. The van der Waals surface area contributed by atoms with Gasteiger partial charge in [-0.05, 0) is 18.2 Å². The highest BCUT2D eigenvalue weighted by Crippen LogP contribution is 2.14. The Morgan fingerprint density at radius 3 is 2.71 bits per heavy atom. The van der Waals surface area contributed by atoms with Gasteiger partial charge in [0.15, 0.2) is 0 Å². The number of aromatic amines is 2. The Morgan fingerprint density at radius 1 is 1.29 bits per heavy atom. The summed E-state index contributed by atoms with van der Waals surface area (Å²) >= 11 is 0. The molecule has 0 aliphatic heterocycles. The van der Waals surface area contributed by atoms with Crippen LogP contribution >= 0.6 is 0 Å². The van der Waals surface area contributed by atoms with Crippen molar-refractivity contribution >= 4 is 21.1 Å². The van der Waals surface area contributed by atoms with Gasteiger partial charge in [0.2, 0.25) is 10.0 Å². The van der Waals surface area contributed by atoms with Crippen LogP contribution in [0.4, 0.5) is 0 Å². The molecule has 17 heavy (non-hydrogen) atoms. The minimum absolute atomic E-state index is 0.0992. The first-order chi connectivity index (χ1) is 8.03. The van der Waals surface area contributed by atoms with Crippen LogP contribution in [-0.2, 0) is 10.0 Å². The van der Waals surface area contributed by atoms with Crippen molar-refractivity contribution in [2.75, 3.05) is 6.54 Å². The van der Waals surface area contributed by atoms with Crippen molar-refractivity contribution in [3.63, 3.8) is 0 Å². The molecule has 2 aromatic rings. The molecule has 0 saturated heterocycles. The van der Waals surface area contributed by atoms with Gasteiger partial charge in [-0.3, -0.25) is 0 Å². The first-order valence-electron chi connectivity index (χ1n) is 4.85. The second-order valence-corrected chi connectivity index (χ2v) is 5.19. The van der Waals surface area contributed by atoms with E-state index in [-0.39, 0.29) is 17.1 Å². The van der Waals surface area contributed by atoms with Crippen LogP contribution in [0, 0.1) is 0 Å². The van der Waals surface area contributed by atoms with Crippen LogP contribution in [0.1, 0.15) is 0 Å². The van der Waals surface area contributed by atoms with E-state index >= 15 is 0 Å². The molecule has 1 aromatic carbocycles. The summed E-state index contributed by atoms with van der Waals surface area (Å²) in [6, 6.07) is 4.37. The quantitative estimate of drug-likeness (QED) is 0.685. The molecule has 0 fully saturated rings. The summed E-state index contributed by atoms with van der Waals surface area (Å²) in [5, 5.41) is 0. The second kappa shape index (κ2) is 4.19. The lowest BCUT2D eigenvalue weighted by atomic mass is 10.3. The van der Waals surface area contributed by atoms with Crippen molar-refractivity contribution in [1.29, 1.82) is 0 Å². The topological polar surface area (TPSA) is 94.8 Å². The van der Waals surface area contributed by atoms with Crippen LogP contribution in [0.15, 0.2) is 40.5 Å². The summed E-state index contributed by atoms with van der Waals surface area (Å²) in [4.78, 5) is 16.2. The minimum Gasteiger partial charge on any atom is -0.306 e. The van der Waals surface area contributed by atoms with Crippen LogP contribution in [0.3, 0.4) is 0 Å². The normalized spacial score (nSPS) is 11.8. The first kappa shape index (κ1) is 11.6. The van der Waals surface area contributed by atoms with Crippen molar-refractivity contribution in [3.05, 3.63) is 41.3 Å². The lowest BCUT2D eigenvalue weighted by molar-refractivity contribution is 0.586. The third-order valence-electron chi connectivity index (χ3n) is 2.22. The zero-order valence-corrected chi connectivity index (χ0v) is 9.67. The van der Waals surface area contributed by atoms with E-state index < -0.39 is 10.0 Å². The number of hydrogen-bond donors (Lipinski definition) is 3. The lowest BCUT2D eigenvalue weighted by Crippen LogP contribution is -2.23. The number of rotatable bonds is 4. The molecule has 0 unspecified atom stereocenters. The number of benzene rings is 1. The summed E-state index contributed by atoms with van der Waals surface area (Å²) in [5.41, 5.74) is 0.655. The van der Waals surface area contributed by atoms with Gasteiger partial charge in [-0.25, -0.2) is 17.9 Å². The van der Waals surface area contributed by atoms with E-state index in [2.05, 4.69) is 21.3 Å².